The summed E-state index contributed by atoms with van der Waals surface area (Å²) >= 11 is 10.2. The maximum Gasteiger partial charge on any atom is 0.266 e. The number of carbonyl (C=O) groups excluding carboxylic acids is 1. The fraction of sp³-hybridized carbons (Fsp3) is 0.143. The lowest BCUT2D eigenvalue weighted by Gasteiger charge is -2.14. The number of nitrogens with zero attached hydrogens (tertiary/aromatic N) is 1. The molecule has 0 aliphatic carbocycles. The van der Waals surface area contributed by atoms with Crippen LogP contribution in [0.4, 0.5) is 0 Å². The van der Waals surface area contributed by atoms with Crippen molar-refractivity contribution < 1.29 is 9.53 Å². The predicted octanol–water partition coefficient (Wildman–Crippen LogP) is 5.17. The van der Waals surface area contributed by atoms with Gasteiger partial charge in [0.2, 0.25) is 0 Å². The van der Waals surface area contributed by atoms with E-state index in [1.54, 1.807) is 11.0 Å². The van der Waals surface area contributed by atoms with Gasteiger partial charge in [-0.15, -0.1) is 6.42 Å². The number of terminal acetylenes is 1. The quantitative estimate of drug-likeness (QED) is 0.351. The van der Waals surface area contributed by atoms with Crippen molar-refractivity contribution in [3.05, 3.63) is 68.5 Å². The summed E-state index contributed by atoms with van der Waals surface area (Å²) in [5.74, 6) is 2.97. The van der Waals surface area contributed by atoms with E-state index in [4.69, 9.17) is 23.4 Å². The van der Waals surface area contributed by atoms with E-state index in [1.807, 2.05) is 49.4 Å². The summed E-state index contributed by atoms with van der Waals surface area (Å²) in [4.78, 5) is 15.1. The first-order valence-corrected chi connectivity index (χ1v) is 10.2. The number of ether oxygens (including phenoxy) is 1. The molecule has 0 radical (unpaired) electrons. The molecule has 0 saturated carbocycles. The highest BCUT2D eigenvalue weighted by molar-refractivity contribution is 9.10. The molecule has 2 aromatic rings. The molecule has 0 spiro atoms. The van der Waals surface area contributed by atoms with Crippen LogP contribution in [0.2, 0.25) is 0 Å². The Bertz CT molecular complexity index is 961. The summed E-state index contributed by atoms with van der Waals surface area (Å²) in [5.41, 5.74) is 2.99. The summed E-state index contributed by atoms with van der Waals surface area (Å²) in [5, 5.41) is 0. The van der Waals surface area contributed by atoms with Gasteiger partial charge in [0, 0.05) is 10.0 Å². The van der Waals surface area contributed by atoms with Crippen molar-refractivity contribution in [1.29, 1.82) is 0 Å². The van der Waals surface area contributed by atoms with E-state index in [0.29, 0.717) is 21.5 Å². The van der Waals surface area contributed by atoms with Crippen LogP contribution in [0.1, 0.15) is 16.7 Å². The van der Waals surface area contributed by atoms with Gasteiger partial charge in [-0.1, -0.05) is 75.7 Å². The number of hydrogen-bond donors (Lipinski definition) is 0. The van der Waals surface area contributed by atoms with Crippen LogP contribution in [0.15, 0.2) is 51.8 Å². The second-order valence-electron chi connectivity index (χ2n) is 5.93. The zero-order chi connectivity index (χ0) is 19.4. The second kappa shape index (κ2) is 8.75. The number of hydrogen-bond acceptors (Lipinski definition) is 4. The normalized spacial score (nSPS) is 15.3. The van der Waals surface area contributed by atoms with Gasteiger partial charge in [-0.3, -0.25) is 9.69 Å². The Balaban J connectivity index is 1.85. The van der Waals surface area contributed by atoms with Crippen LogP contribution in [-0.2, 0) is 11.3 Å². The topological polar surface area (TPSA) is 29.5 Å². The number of amides is 1. The minimum Gasteiger partial charge on any atom is -0.480 e. The first-order chi connectivity index (χ1) is 13.0. The van der Waals surface area contributed by atoms with Crippen LogP contribution < -0.4 is 4.74 Å². The number of thiocarbonyl (C=S) groups is 1. The number of halogens is 1. The highest BCUT2D eigenvalue weighted by Gasteiger charge is 2.32. The van der Waals surface area contributed by atoms with Gasteiger partial charge in [-0.2, -0.15) is 0 Å². The molecule has 3 rings (SSSR count). The van der Waals surface area contributed by atoms with Gasteiger partial charge in [0.15, 0.2) is 0 Å². The molecule has 1 amide bonds. The molecule has 0 aromatic heterocycles. The number of rotatable bonds is 5. The zero-order valence-electron chi connectivity index (χ0n) is 14.6. The number of benzene rings is 2. The average molecular weight is 458 g/mol. The third-order valence-corrected chi connectivity index (χ3v) is 5.78. The lowest BCUT2D eigenvalue weighted by molar-refractivity contribution is -0.122. The first-order valence-electron chi connectivity index (χ1n) is 8.14. The standard InChI is InChI=1S/C21H16BrNO2S2/c1-3-10-25-18-9-8-17(22)11-16(18)12-19-20(24)23(21(26)27-19)13-15-6-4-14(2)5-7-15/h1,4-9,11-12H,10,13H2,2H3/b19-12-. The van der Waals surface area contributed by atoms with E-state index in [2.05, 4.69) is 21.9 Å². The van der Waals surface area contributed by atoms with Crippen molar-refractivity contribution in [1.82, 2.24) is 4.90 Å². The van der Waals surface area contributed by atoms with Crippen LogP contribution in [0.3, 0.4) is 0 Å². The van der Waals surface area contributed by atoms with Crippen molar-refractivity contribution in [2.24, 2.45) is 0 Å². The Morgan fingerprint density at radius 2 is 2.04 bits per heavy atom. The fourth-order valence-electron chi connectivity index (χ4n) is 2.54. The molecular formula is C21H16BrNO2S2. The van der Waals surface area contributed by atoms with Crippen molar-refractivity contribution in [3.63, 3.8) is 0 Å². The molecule has 27 heavy (non-hydrogen) atoms. The minimum absolute atomic E-state index is 0.103. The van der Waals surface area contributed by atoms with Gasteiger partial charge in [-0.25, -0.2) is 0 Å². The highest BCUT2D eigenvalue weighted by atomic mass is 79.9. The van der Waals surface area contributed by atoms with Crippen LogP contribution in [0.25, 0.3) is 6.08 Å². The first kappa shape index (κ1) is 19.7. The molecule has 2 aromatic carbocycles. The molecule has 136 valence electrons. The van der Waals surface area contributed by atoms with E-state index in [9.17, 15) is 4.79 Å². The lowest BCUT2D eigenvalue weighted by atomic mass is 10.1. The average Bonchev–Trinajstić information content (AvgIpc) is 2.90. The molecule has 1 aliphatic heterocycles. The summed E-state index contributed by atoms with van der Waals surface area (Å²) in [6, 6.07) is 13.7. The largest absolute Gasteiger partial charge is 0.480 e. The van der Waals surface area contributed by atoms with Crippen LogP contribution in [-0.4, -0.2) is 21.7 Å². The molecule has 1 fully saturated rings. The maximum atomic E-state index is 12.9. The van der Waals surface area contributed by atoms with Gasteiger partial charge in [0.25, 0.3) is 5.91 Å². The summed E-state index contributed by atoms with van der Waals surface area (Å²) in [6.45, 7) is 2.65. The molecule has 3 nitrogen and oxygen atoms in total. The third-order valence-electron chi connectivity index (χ3n) is 3.90. The van der Waals surface area contributed by atoms with E-state index in [-0.39, 0.29) is 12.5 Å². The van der Waals surface area contributed by atoms with Gasteiger partial charge < -0.3 is 4.74 Å². The Labute approximate surface area is 176 Å². The Morgan fingerprint density at radius 1 is 1.30 bits per heavy atom. The summed E-state index contributed by atoms with van der Waals surface area (Å²) in [6.07, 6.45) is 7.08. The predicted molar refractivity (Wildman–Crippen MR) is 118 cm³/mol. The number of thioether (sulfide) groups is 1. The van der Waals surface area contributed by atoms with E-state index >= 15 is 0 Å². The fourth-order valence-corrected chi connectivity index (χ4v) is 4.16. The SMILES string of the molecule is C#CCOc1ccc(Br)cc1/C=C1\SC(=S)N(Cc2ccc(C)cc2)C1=O. The van der Waals surface area contributed by atoms with E-state index in [0.717, 1.165) is 15.6 Å². The van der Waals surface area contributed by atoms with E-state index < -0.39 is 0 Å². The molecule has 0 bridgehead atoms. The molecular weight excluding hydrogens is 442 g/mol. The second-order valence-corrected chi connectivity index (χ2v) is 8.52. The molecule has 0 N–H and O–H groups in total. The van der Waals surface area contributed by atoms with E-state index in [1.165, 1.54) is 17.3 Å². The van der Waals surface area contributed by atoms with Crippen molar-refractivity contribution >= 4 is 56.2 Å². The van der Waals surface area contributed by atoms with Crippen molar-refractivity contribution in [2.45, 2.75) is 13.5 Å². The Kier molecular flexibility index (Phi) is 6.38. The smallest absolute Gasteiger partial charge is 0.266 e. The number of carbonyl (C=O) groups is 1. The molecule has 1 saturated heterocycles. The van der Waals surface area contributed by atoms with Gasteiger partial charge in [0.05, 0.1) is 11.4 Å². The van der Waals surface area contributed by atoms with Gasteiger partial charge in [-0.05, 0) is 36.8 Å². The van der Waals surface area contributed by atoms with Crippen molar-refractivity contribution in [2.75, 3.05) is 6.61 Å². The molecule has 1 aliphatic rings. The van der Waals surface area contributed by atoms with Crippen LogP contribution in [0.5, 0.6) is 5.75 Å². The third kappa shape index (κ3) is 4.81. The summed E-state index contributed by atoms with van der Waals surface area (Å²) < 4.78 is 7.01. The Morgan fingerprint density at radius 3 is 2.74 bits per heavy atom. The molecule has 0 unspecified atom stereocenters. The van der Waals surface area contributed by atoms with Gasteiger partial charge in [0.1, 0.15) is 16.7 Å². The monoisotopic (exact) mass is 457 g/mol. The number of aryl methyl sites for hydroxylation is 1. The Hall–Kier alpha value is -2.07. The maximum absolute atomic E-state index is 12.9. The van der Waals surface area contributed by atoms with Crippen molar-refractivity contribution in [3.8, 4) is 18.1 Å². The highest BCUT2D eigenvalue weighted by Crippen LogP contribution is 2.35. The van der Waals surface area contributed by atoms with Gasteiger partial charge >= 0.3 is 0 Å². The van der Waals surface area contributed by atoms with Crippen LogP contribution in [0, 0.1) is 19.3 Å². The molecule has 6 heteroatoms. The summed E-state index contributed by atoms with van der Waals surface area (Å²) in [7, 11) is 0. The zero-order valence-corrected chi connectivity index (χ0v) is 17.8. The minimum atomic E-state index is -0.103. The van der Waals surface area contributed by atoms with Crippen LogP contribution >= 0.6 is 39.9 Å². The lowest BCUT2D eigenvalue weighted by Crippen LogP contribution is -2.27. The molecule has 0 atom stereocenters. The molecule has 1 heterocycles.